The highest BCUT2D eigenvalue weighted by molar-refractivity contribution is 8.00. The number of ether oxygens (including phenoxy) is 2. The van der Waals surface area contributed by atoms with Crippen LogP contribution in [0.2, 0.25) is 0 Å². The fourth-order valence-corrected chi connectivity index (χ4v) is 12.1. The smallest absolute Gasteiger partial charge is 0.355 e. The third-order valence-electron chi connectivity index (χ3n) is 14.0. The fourth-order valence-electron chi connectivity index (χ4n) is 10.00. The van der Waals surface area contributed by atoms with Crippen molar-refractivity contribution in [2.75, 3.05) is 18.2 Å². The Hall–Kier alpha value is -9.45. The molecule has 0 spiro atoms. The van der Waals surface area contributed by atoms with Crippen LogP contribution in [0, 0.1) is 6.92 Å². The number of hydrogen-bond donors (Lipinski definition) is 2. The van der Waals surface area contributed by atoms with Gasteiger partial charge in [-0.1, -0.05) is 211 Å². The van der Waals surface area contributed by atoms with Crippen molar-refractivity contribution in [2.45, 2.75) is 42.6 Å². The lowest BCUT2D eigenvalue weighted by atomic mass is 9.77. The summed E-state index contributed by atoms with van der Waals surface area (Å²) in [6, 6.07) is 65.6. The van der Waals surface area contributed by atoms with Crippen LogP contribution >= 0.6 is 23.1 Å². The van der Waals surface area contributed by atoms with E-state index in [1.54, 1.807) is 54.4 Å². The van der Waals surface area contributed by atoms with Crippen LogP contribution in [0.4, 0.5) is 5.13 Å². The van der Waals surface area contributed by atoms with Gasteiger partial charge in [0.1, 0.15) is 46.5 Å². The molecule has 11 rings (SSSR count). The molecule has 80 heavy (non-hydrogen) atoms. The number of nitrogens with zero attached hydrogens (tertiary/aromatic N) is 7. The maximum Gasteiger partial charge on any atom is 0.355 e. The highest BCUT2D eigenvalue weighted by atomic mass is 32.2. The number of amides is 2. The van der Waals surface area contributed by atoms with Crippen molar-refractivity contribution in [3.05, 3.63) is 286 Å². The van der Waals surface area contributed by atoms with E-state index in [0.29, 0.717) is 34.6 Å². The third-order valence-corrected chi connectivity index (χ3v) is 16.1. The van der Waals surface area contributed by atoms with Crippen LogP contribution < -0.4 is 15.4 Å². The van der Waals surface area contributed by atoms with E-state index in [0.717, 1.165) is 38.9 Å². The molecular formula is C63H53N9O6S2. The standard InChI is InChI=1S/C63H53N9O6S2/c1-43-67-69-70-71(43)39-21-22-45-41-79-59-55(58(74)72(59)56(45)60(75)77-40-44-35-37-52(76-2)38-36-44)65-57(73)54(68-78-63(49-29-15-6-16-30-49,50-31-17-7-18-32-50)51-33-19-8-20-34-51)53-42-80-61(64-53)66-62(46-23-9-3-10-24-46,47-25-11-4-12-26-47)48-27-13-5-14-28-48/h3-38,42,55,59H,39-41H2,1-2H3,(H,64,66)(H,65,73)/b22-21-,68-54?/t55?,59-/m1/s1. The maximum absolute atomic E-state index is 15.4. The van der Waals surface area contributed by atoms with E-state index in [9.17, 15) is 9.59 Å². The second-order valence-electron chi connectivity index (χ2n) is 18.8. The number of methoxy groups -OCH3 is 1. The van der Waals surface area contributed by atoms with Crippen LogP contribution in [0.3, 0.4) is 0 Å². The number of tetrazole rings is 1. The number of carbonyl (C=O) groups is 3. The number of benzene rings is 7. The van der Waals surface area contributed by atoms with E-state index in [-0.39, 0.29) is 23.7 Å². The summed E-state index contributed by atoms with van der Waals surface area (Å²) in [5, 5.41) is 25.0. The van der Waals surface area contributed by atoms with Gasteiger partial charge in [0.2, 0.25) is 5.60 Å². The predicted octanol–water partition coefficient (Wildman–Crippen LogP) is 10.2. The Labute approximate surface area is 470 Å². The summed E-state index contributed by atoms with van der Waals surface area (Å²) < 4.78 is 12.8. The second kappa shape index (κ2) is 23.7. The second-order valence-corrected chi connectivity index (χ2v) is 20.8. The number of nitrogens with one attached hydrogen (secondary N) is 2. The molecule has 2 N–H and O–H groups in total. The van der Waals surface area contributed by atoms with Crippen molar-refractivity contribution >= 4 is 51.7 Å². The number of esters is 1. The maximum atomic E-state index is 15.4. The van der Waals surface area contributed by atoms with Gasteiger partial charge in [0.25, 0.3) is 11.8 Å². The molecule has 2 aromatic heterocycles. The molecule has 1 unspecified atom stereocenters. The number of allylic oxidation sites excluding steroid dienone is 2. The molecular weight excluding hydrogens is 1040 g/mol. The first-order valence-corrected chi connectivity index (χ1v) is 27.7. The van der Waals surface area contributed by atoms with Gasteiger partial charge in [-0.25, -0.2) is 14.5 Å². The first-order valence-electron chi connectivity index (χ1n) is 25.8. The highest BCUT2D eigenvalue weighted by Gasteiger charge is 2.55. The molecule has 7 aromatic carbocycles. The fraction of sp³-hybridized carbons (Fsp3) is 0.143. The van der Waals surface area contributed by atoms with E-state index in [2.05, 4.69) is 62.6 Å². The zero-order valence-electron chi connectivity index (χ0n) is 43.5. The van der Waals surface area contributed by atoms with E-state index in [1.165, 1.54) is 28.0 Å². The lowest BCUT2D eigenvalue weighted by molar-refractivity contribution is -0.153. The Bertz CT molecular complexity index is 3500. The summed E-state index contributed by atoms with van der Waals surface area (Å²) in [5.74, 6) is -0.354. The van der Waals surface area contributed by atoms with Crippen LogP contribution in [0.5, 0.6) is 5.75 Å². The molecule has 2 aliphatic rings. The Kier molecular flexibility index (Phi) is 15.6. The van der Waals surface area contributed by atoms with Crippen molar-refractivity contribution < 1.29 is 28.7 Å². The summed E-state index contributed by atoms with van der Waals surface area (Å²) in [5.41, 5.74) is 4.16. The molecule has 0 bridgehead atoms. The summed E-state index contributed by atoms with van der Waals surface area (Å²) in [6.07, 6.45) is 3.60. The predicted molar refractivity (Wildman–Crippen MR) is 308 cm³/mol. The first-order chi connectivity index (χ1) is 39.3. The number of fused-ring (bicyclic) bond motifs is 1. The molecule has 0 radical (unpaired) electrons. The van der Waals surface area contributed by atoms with Gasteiger partial charge in [-0.05, 0) is 57.3 Å². The van der Waals surface area contributed by atoms with E-state index in [4.69, 9.17) is 24.5 Å². The minimum Gasteiger partial charge on any atom is -0.497 e. The molecule has 4 heterocycles. The number of aryl methyl sites for hydroxylation is 1. The molecule has 2 aliphatic heterocycles. The zero-order chi connectivity index (χ0) is 54.9. The van der Waals surface area contributed by atoms with Crippen LogP contribution in [-0.2, 0) is 48.2 Å². The molecule has 0 saturated carbocycles. The number of thiazole rings is 1. The summed E-state index contributed by atoms with van der Waals surface area (Å²) >= 11 is 2.70. The van der Waals surface area contributed by atoms with Crippen LogP contribution in [-0.4, -0.2) is 77.9 Å². The molecule has 9 aromatic rings. The minimum atomic E-state index is -1.38. The number of rotatable bonds is 20. The average Bonchev–Trinajstić information content (AvgIpc) is 4.24. The number of anilines is 1. The van der Waals surface area contributed by atoms with Crippen molar-refractivity contribution in [3.8, 4) is 5.75 Å². The highest BCUT2D eigenvalue weighted by Crippen LogP contribution is 2.44. The van der Waals surface area contributed by atoms with Crippen molar-refractivity contribution in [1.82, 2.24) is 35.4 Å². The van der Waals surface area contributed by atoms with Gasteiger partial charge in [-0.15, -0.1) is 28.2 Å². The van der Waals surface area contributed by atoms with Gasteiger partial charge >= 0.3 is 5.97 Å². The molecule has 2 atom stereocenters. The van der Waals surface area contributed by atoms with Gasteiger partial charge in [0.05, 0.1) is 13.7 Å². The zero-order valence-corrected chi connectivity index (χ0v) is 45.2. The van der Waals surface area contributed by atoms with Crippen molar-refractivity contribution in [2.24, 2.45) is 5.16 Å². The Morgan fingerprint density at radius 2 is 1.25 bits per heavy atom. The van der Waals surface area contributed by atoms with Gasteiger partial charge in [0, 0.05) is 27.8 Å². The Morgan fingerprint density at radius 1 is 0.725 bits per heavy atom. The molecule has 2 amide bonds. The molecule has 0 aliphatic carbocycles. The largest absolute Gasteiger partial charge is 0.497 e. The Morgan fingerprint density at radius 3 is 1.75 bits per heavy atom. The number of aromatic nitrogens is 5. The molecule has 17 heteroatoms. The van der Waals surface area contributed by atoms with E-state index >= 15 is 4.79 Å². The number of β-lactam (4-membered cyclic amide) rings is 1. The van der Waals surface area contributed by atoms with Gasteiger partial charge in [-0.2, -0.15) is 0 Å². The lowest BCUT2D eigenvalue weighted by Crippen LogP contribution is -2.71. The Balaban J connectivity index is 0.974. The topological polar surface area (TPSA) is 175 Å². The summed E-state index contributed by atoms with van der Waals surface area (Å²) in [7, 11) is 1.58. The molecule has 15 nitrogen and oxygen atoms in total. The summed E-state index contributed by atoms with van der Waals surface area (Å²) in [6.45, 7) is 2.05. The van der Waals surface area contributed by atoms with Crippen LogP contribution in [0.25, 0.3) is 0 Å². The number of hydrogen-bond acceptors (Lipinski definition) is 14. The van der Waals surface area contributed by atoms with Gasteiger partial charge in [-0.3, -0.25) is 14.5 Å². The van der Waals surface area contributed by atoms with Gasteiger partial charge < -0.3 is 24.9 Å². The molecule has 1 fully saturated rings. The van der Waals surface area contributed by atoms with Crippen LogP contribution in [0.1, 0.15) is 50.5 Å². The van der Waals surface area contributed by atoms with E-state index in [1.807, 2.05) is 152 Å². The monoisotopic (exact) mass is 1100 g/mol. The van der Waals surface area contributed by atoms with Crippen LogP contribution in [0.15, 0.2) is 240 Å². The number of thioether (sulfide) groups is 1. The molecule has 1 saturated heterocycles. The lowest BCUT2D eigenvalue weighted by Gasteiger charge is -2.49. The quantitative estimate of drug-likeness (QED) is 0.0243. The van der Waals surface area contributed by atoms with Crippen molar-refractivity contribution in [3.63, 3.8) is 0 Å². The van der Waals surface area contributed by atoms with Gasteiger partial charge in [0.15, 0.2) is 10.8 Å². The first kappa shape index (κ1) is 52.6. The molecule has 398 valence electrons. The minimum absolute atomic E-state index is 0.0585. The van der Waals surface area contributed by atoms with E-state index < -0.39 is 40.3 Å². The SMILES string of the molecule is COc1ccc(COC(=O)C2=C(/C=C\Cn3nnnc3C)CS[C@@H]3C(NC(=O)C(=NOC(c4ccccc4)(c4ccccc4)c4ccccc4)c4csc(NC(c5ccccc5)(c5ccccc5)c5ccccc5)n4)C(=O)N23)cc1. The normalized spacial score (nSPS) is 15.4. The number of carbonyl (C=O) groups excluding carboxylic acids is 3. The average molecular weight is 1100 g/mol. The number of oxime groups is 1. The third kappa shape index (κ3) is 10.5. The van der Waals surface area contributed by atoms with Crippen molar-refractivity contribution in [1.29, 1.82) is 0 Å². The summed E-state index contributed by atoms with van der Waals surface area (Å²) in [4.78, 5) is 58.0.